The molecule has 0 N–H and O–H groups in total. The van der Waals surface area contributed by atoms with Crippen LogP contribution in [0.5, 0.6) is 0 Å². The van der Waals surface area contributed by atoms with Gasteiger partial charge in [0.15, 0.2) is 0 Å². The van der Waals surface area contributed by atoms with Crippen LogP contribution in [0.2, 0.25) is 0 Å². The van der Waals surface area contributed by atoms with Crippen molar-refractivity contribution in [2.45, 2.75) is 0 Å². The van der Waals surface area contributed by atoms with Gasteiger partial charge < -0.3 is 0 Å². The monoisotopic (exact) mass is 311 g/mol. The molecule has 0 amide bonds. The van der Waals surface area contributed by atoms with Gasteiger partial charge in [-0.05, 0) is 0 Å². The number of nitrogens with zero attached hydrogens (tertiary/aromatic N) is 1. The van der Waals surface area contributed by atoms with Crippen LogP contribution in [0.25, 0.3) is 0 Å². The van der Waals surface area contributed by atoms with Crippen molar-refractivity contribution in [3.8, 4) is 0 Å². The molecule has 0 saturated heterocycles. The molecule has 0 atom stereocenters. The first-order chi connectivity index (χ1) is 2.41. The molecule has 0 heterocycles. The molecule has 0 aliphatic heterocycles. The average Bonchev–Trinajstić information content (AvgIpc) is 1.41. The molecular formula is BNOSU. The molecule has 0 spiro atoms. The summed E-state index contributed by atoms with van der Waals surface area (Å²) in [5, 5.41) is 0. The Labute approximate surface area is 47.2 Å². The van der Waals surface area contributed by atoms with E-state index in [-0.39, 0.29) is 0 Å². The summed E-state index contributed by atoms with van der Waals surface area (Å²) >= 11 is -1.22. The molecule has 0 radical (unpaired) electrons. The van der Waals surface area contributed by atoms with Gasteiger partial charge in [0, 0.05) is 0 Å². The summed E-state index contributed by atoms with van der Waals surface area (Å²) in [4.78, 5) is 0. The number of hydrogen-bond donors (Lipinski definition) is 0. The van der Waals surface area contributed by atoms with Crippen LogP contribution in [-0.4, -0.2) is 7.28 Å². The summed E-state index contributed by atoms with van der Waals surface area (Å²) < 4.78 is 12.5. The van der Waals surface area contributed by atoms with E-state index in [9.17, 15) is 4.70 Å². The molecule has 0 aliphatic rings. The first-order valence-electron chi connectivity index (χ1n) is 0.922. The Bertz CT molecular complexity index is 75.7. The SMILES string of the molecule is O=B[N]=[U]=[S]. The van der Waals surface area contributed by atoms with E-state index in [4.69, 9.17) is 0 Å². The zero-order chi connectivity index (χ0) is 4.12. The van der Waals surface area contributed by atoms with Crippen LogP contribution >= 0.6 is 7.91 Å². The van der Waals surface area contributed by atoms with E-state index in [1.165, 1.54) is 0 Å². The number of hydrogen-bond acceptors (Lipinski definition) is 2. The quantitative estimate of drug-likeness (QED) is 0.653. The zero-order valence-electron chi connectivity index (χ0n) is 2.34. The van der Waals surface area contributed by atoms with E-state index in [2.05, 4.69) is 10.1 Å². The van der Waals surface area contributed by atoms with Crippen molar-refractivity contribution in [3.63, 3.8) is 0 Å². The Hall–Kier alpha value is 0.937. The third-order valence-electron chi connectivity index (χ3n) is 0.105. The zero-order valence-corrected chi connectivity index (χ0v) is 7.32. The molecule has 0 aromatic rings. The van der Waals surface area contributed by atoms with Gasteiger partial charge in [-0.2, -0.15) is 0 Å². The fourth-order valence-corrected chi connectivity index (χ4v) is 0.602. The molecule has 2 nitrogen and oxygen atoms in total. The van der Waals surface area contributed by atoms with Gasteiger partial charge in [-0.25, -0.2) is 0 Å². The normalized spacial score (nSPS) is 4.00. The summed E-state index contributed by atoms with van der Waals surface area (Å²) in [5.41, 5.74) is 0. The molecule has 0 unspecified atom stereocenters. The van der Waals surface area contributed by atoms with E-state index in [0.29, 0.717) is 7.28 Å². The van der Waals surface area contributed by atoms with Crippen molar-refractivity contribution in [1.82, 2.24) is 0 Å². The average molecular weight is 311 g/mol. The van der Waals surface area contributed by atoms with Gasteiger partial charge in [0.1, 0.15) is 0 Å². The van der Waals surface area contributed by atoms with E-state index in [1.807, 2.05) is 0 Å². The molecule has 0 bridgehead atoms. The van der Waals surface area contributed by atoms with Gasteiger partial charge in [-0.15, -0.1) is 0 Å². The summed E-state index contributed by atoms with van der Waals surface area (Å²) in [5.74, 6) is 0. The molecular weight excluding hydrogens is 311 g/mol. The second-order valence-corrected chi connectivity index (χ2v) is 3.86. The molecule has 5 heavy (non-hydrogen) atoms. The van der Waals surface area contributed by atoms with Crippen LogP contribution in [0.15, 0.2) is 2.17 Å². The van der Waals surface area contributed by atoms with Crippen LogP contribution in [0.4, 0.5) is 0 Å². The topological polar surface area (TPSA) is 29.4 Å². The fourth-order valence-electron chi connectivity index (χ4n) is 0.0215. The molecule has 24 valence electrons. The third kappa shape index (κ3) is 4.94. The minimum absolute atomic E-state index is 0.544. The predicted molar refractivity (Wildman–Crippen MR) is 16.5 cm³/mol. The Balaban J connectivity index is 3.31. The summed E-state index contributed by atoms with van der Waals surface area (Å²) in [6, 6.07) is 0. The molecule has 5 heteroatoms. The van der Waals surface area contributed by atoms with Crippen molar-refractivity contribution in [3.05, 3.63) is 0 Å². The van der Waals surface area contributed by atoms with E-state index >= 15 is 0 Å². The van der Waals surface area contributed by atoms with Crippen LogP contribution in [0.3, 0.4) is 0 Å². The van der Waals surface area contributed by atoms with Gasteiger partial charge >= 0.3 is 47.4 Å². The van der Waals surface area contributed by atoms with Crippen molar-refractivity contribution in [2.75, 3.05) is 0 Å². The molecule has 0 aliphatic carbocycles. The molecule has 0 aromatic heterocycles. The van der Waals surface area contributed by atoms with Crippen LogP contribution in [-0.2, 0) is 4.70 Å². The second kappa shape index (κ2) is 4.94. The summed E-state index contributed by atoms with van der Waals surface area (Å²) in [6.45, 7) is 0. The Morgan fingerprint density at radius 3 is 2.60 bits per heavy atom. The van der Waals surface area contributed by atoms with Crippen LogP contribution in [0, 0.1) is 25.4 Å². The molecule has 0 fully saturated rings. The Kier molecular flexibility index (Phi) is 5.86. The van der Waals surface area contributed by atoms with Gasteiger partial charge in [0.05, 0.1) is 0 Å². The van der Waals surface area contributed by atoms with Crippen molar-refractivity contribution >= 4 is 15.2 Å². The van der Waals surface area contributed by atoms with Gasteiger partial charge in [-0.3, -0.25) is 0 Å². The van der Waals surface area contributed by atoms with E-state index < -0.39 is 25.4 Å². The Morgan fingerprint density at radius 1 is 2.00 bits per heavy atom. The maximum atomic E-state index is 9.22. The Morgan fingerprint density at radius 2 is 2.60 bits per heavy atom. The van der Waals surface area contributed by atoms with E-state index in [1.54, 1.807) is 0 Å². The van der Waals surface area contributed by atoms with Crippen molar-refractivity contribution < 1.29 is 30.1 Å². The number of rotatable bonds is 1. The second-order valence-electron chi connectivity index (χ2n) is 0.326. The van der Waals surface area contributed by atoms with Crippen LogP contribution in [0.1, 0.15) is 0 Å². The van der Waals surface area contributed by atoms with Gasteiger partial charge in [0.25, 0.3) is 0 Å². The maximum absolute atomic E-state index is 9.22. The minimum atomic E-state index is -1.22. The van der Waals surface area contributed by atoms with E-state index in [0.717, 1.165) is 0 Å². The summed E-state index contributed by atoms with van der Waals surface area (Å²) in [6.07, 6.45) is 0. The van der Waals surface area contributed by atoms with Gasteiger partial charge in [0.2, 0.25) is 0 Å². The standard InChI is InChI=1S/BNO.S.U/c2-1-3;;. The third-order valence-corrected chi connectivity index (χ3v) is 1.97. The first kappa shape index (κ1) is 5.94. The first-order valence-corrected chi connectivity index (χ1v) is 8.29. The molecule has 0 aromatic carbocycles. The predicted octanol–water partition coefficient (Wildman–Crippen LogP) is 0.332. The molecule has 0 rings (SSSR count). The van der Waals surface area contributed by atoms with Crippen molar-refractivity contribution in [1.29, 1.82) is 0 Å². The molecule has 0 saturated carbocycles. The fraction of sp³-hybridized carbons (Fsp3) is 0. The van der Waals surface area contributed by atoms with Crippen molar-refractivity contribution in [2.24, 2.45) is 2.17 Å². The summed E-state index contributed by atoms with van der Waals surface area (Å²) in [7, 11) is 5.01. The van der Waals surface area contributed by atoms with Gasteiger partial charge in [-0.1, -0.05) is 0 Å². The van der Waals surface area contributed by atoms with Crippen LogP contribution < -0.4 is 0 Å².